The highest BCUT2D eigenvalue weighted by atomic mass is 35.5. The summed E-state index contributed by atoms with van der Waals surface area (Å²) in [6, 6.07) is -0.0144. The van der Waals surface area contributed by atoms with Gasteiger partial charge in [0.25, 0.3) is 0 Å². The van der Waals surface area contributed by atoms with E-state index in [9.17, 15) is 4.79 Å². The lowest BCUT2D eigenvalue weighted by Crippen LogP contribution is -2.51. The van der Waals surface area contributed by atoms with Crippen LogP contribution in [0.1, 0.15) is 45.4 Å². The van der Waals surface area contributed by atoms with Crippen molar-refractivity contribution >= 4 is 30.7 Å². The van der Waals surface area contributed by atoms with Crippen LogP contribution in [-0.4, -0.2) is 63.3 Å². The zero-order chi connectivity index (χ0) is 15.8. The number of hydrogen-bond donors (Lipinski definition) is 2. The van der Waals surface area contributed by atoms with Crippen LogP contribution < -0.4 is 10.6 Å². The minimum Gasteiger partial charge on any atom is -0.384 e. The molecule has 2 aliphatic heterocycles. The molecule has 144 valence electrons. The predicted octanol–water partition coefficient (Wildman–Crippen LogP) is 2.23. The minimum absolute atomic E-state index is 0. The first kappa shape index (κ1) is 23.9. The summed E-state index contributed by atoms with van der Waals surface area (Å²) in [5.74, 6) is 0.177. The predicted molar refractivity (Wildman–Crippen MR) is 103 cm³/mol. The molecule has 1 atom stereocenters. The van der Waals surface area contributed by atoms with E-state index in [0.717, 1.165) is 52.2 Å². The number of rotatable bonds is 6. The fraction of sp³-hybridized carbons (Fsp3) is 0.941. The Hall–Kier alpha value is -0.0700. The van der Waals surface area contributed by atoms with Crippen molar-refractivity contribution in [1.29, 1.82) is 0 Å². The van der Waals surface area contributed by atoms with Crippen molar-refractivity contribution in [3.63, 3.8) is 0 Å². The molecule has 0 bridgehead atoms. The lowest BCUT2D eigenvalue weighted by atomic mass is 9.79. The van der Waals surface area contributed by atoms with Crippen LogP contribution in [0, 0.1) is 5.41 Å². The summed E-state index contributed by atoms with van der Waals surface area (Å²) in [4.78, 5) is 14.9. The molecule has 2 fully saturated rings. The van der Waals surface area contributed by atoms with Crippen molar-refractivity contribution in [3.8, 4) is 0 Å². The van der Waals surface area contributed by atoms with Gasteiger partial charge in [-0.25, -0.2) is 0 Å². The van der Waals surface area contributed by atoms with Crippen LogP contribution in [0.5, 0.6) is 0 Å². The van der Waals surface area contributed by atoms with E-state index < -0.39 is 0 Å². The molecule has 2 aliphatic rings. The zero-order valence-electron chi connectivity index (χ0n) is 15.1. The standard InChI is InChI=1S/C17H33N3O2.2ClH/c1-15(20-11-5-3-4-6-12-20)16(21)19-13-17(14-22-2)7-9-18-10-8-17;;/h15,18H,3-14H2,1-2H3,(H,19,21);2*1H. The van der Waals surface area contributed by atoms with Gasteiger partial charge < -0.3 is 15.4 Å². The van der Waals surface area contributed by atoms with E-state index in [0.29, 0.717) is 0 Å². The largest absolute Gasteiger partial charge is 0.384 e. The fourth-order valence-corrected chi connectivity index (χ4v) is 3.71. The van der Waals surface area contributed by atoms with Crippen molar-refractivity contribution in [3.05, 3.63) is 0 Å². The summed E-state index contributed by atoms with van der Waals surface area (Å²) in [5.41, 5.74) is 0.105. The quantitative estimate of drug-likeness (QED) is 0.738. The number of carbonyl (C=O) groups excluding carboxylic acids is 1. The van der Waals surface area contributed by atoms with Crippen LogP contribution in [0.25, 0.3) is 0 Å². The van der Waals surface area contributed by atoms with E-state index in [1.807, 2.05) is 6.92 Å². The van der Waals surface area contributed by atoms with Crippen LogP contribution in [0.4, 0.5) is 0 Å². The van der Waals surface area contributed by atoms with Crippen molar-refractivity contribution in [2.45, 2.75) is 51.5 Å². The van der Waals surface area contributed by atoms with Gasteiger partial charge in [-0.1, -0.05) is 12.8 Å². The Morgan fingerprint density at radius 1 is 1.17 bits per heavy atom. The lowest BCUT2D eigenvalue weighted by molar-refractivity contribution is -0.126. The second-order valence-corrected chi connectivity index (χ2v) is 7.03. The minimum atomic E-state index is -0.0144. The van der Waals surface area contributed by atoms with Crippen molar-refractivity contribution < 1.29 is 9.53 Å². The summed E-state index contributed by atoms with van der Waals surface area (Å²) >= 11 is 0. The first-order chi connectivity index (χ1) is 10.7. The normalized spacial score (nSPS) is 22.4. The summed E-state index contributed by atoms with van der Waals surface area (Å²) in [5, 5.41) is 6.60. The van der Waals surface area contributed by atoms with Crippen molar-refractivity contribution in [2.24, 2.45) is 5.41 Å². The molecular weight excluding hydrogens is 349 g/mol. The van der Waals surface area contributed by atoms with E-state index in [2.05, 4.69) is 15.5 Å². The third kappa shape index (κ3) is 7.04. The van der Waals surface area contributed by atoms with Gasteiger partial charge in [0, 0.05) is 19.1 Å². The molecule has 0 radical (unpaired) electrons. The van der Waals surface area contributed by atoms with Crippen LogP contribution in [0.3, 0.4) is 0 Å². The number of amides is 1. The van der Waals surface area contributed by atoms with Gasteiger partial charge in [-0.05, 0) is 58.8 Å². The number of likely N-dealkylation sites (tertiary alicyclic amines) is 1. The Labute approximate surface area is 159 Å². The number of hydrogen-bond acceptors (Lipinski definition) is 4. The highest BCUT2D eigenvalue weighted by Crippen LogP contribution is 2.28. The molecule has 2 rings (SSSR count). The Morgan fingerprint density at radius 2 is 1.75 bits per heavy atom. The molecule has 2 N–H and O–H groups in total. The van der Waals surface area contributed by atoms with Gasteiger partial charge in [0.05, 0.1) is 12.6 Å². The molecule has 2 saturated heterocycles. The smallest absolute Gasteiger partial charge is 0.237 e. The van der Waals surface area contributed by atoms with Crippen LogP contribution in [0.2, 0.25) is 0 Å². The van der Waals surface area contributed by atoms with Gasteiger partial charge in [0.2, 0.25) is 5.91 Å². The summed E-state index contributed by atoms with van der Waals surface area (Å²) in [6.07, 6.45) is 7.18. The van der Waals surface area contributed by atoms with Gasteiger partial charge in [-0.15, -0.1) is 24.8 Å². The highest BCUT2D eigenvalue weighted by molar-refractivity contribution is 5.85. The number of piperidine rings is 1. The van der Waals surface area contributed by atoms with E-state index >= 15 is 0 Å². The van der Waals surface area contributed by atoms with E-state index in [4.69, 9.17) is 4.74 Å². The molecule has 0 aromatic carbocycles. The Kier molecular flexibility index (Phi) is 12.3. The number of ether oxygens (including phenoxy) is 1. The fourth-order valence-electron chi connectivity index (χ4n) is 3.71. The van der Waals surface area contributed by atoms with Crippen molar-refractivity contribution in [1.82, 2.24) is 15.5 Å². The molecule has 5 nitrogen and oxygen atoms in total. The topological polar surface area (TPSA) is 53.6 Å². The molecule has 0 aromatic rings. The second-order valence-electron chi connectivity index (χ2n) is 7.03. The van der Waals surface area contributed by atoms with Gasteiger partial charge >= 0.3 is 0 Å². The Morgan fingerprint density at radius 3 is 2.29 bits per heavy atom. The first-order valence-electron chi connectivity index (χ1n) is 8.88. The Balaban J connectivity index is 0.00000264. The number of nitrogens with zero attached hydrogens (tertiary/aromatic N) is 1. The summed E-state index contributed by atoms with van der Waals surface area (Å²) in [7, 11) is 1.76. The average molecular weight is 384 g/mol. The molecule has 0 spiro atoms. The van der Waals surface area contributed by atoms with Crippen LogP contribution in [-0.2, 0) is 9.53 Å². The van der Waals surface area contributed by atoms with E-state index in [1.54, 1.807) is 7.11 Å². The molecule has 24 heavy (non-hydrogen) atoms. The van der Waals surface area contributed by atoms with Gasteiger partial charge in [-0.3, -0.25) is 9.69 Å². The van der Waals surface area contributed by atoms with E-state index in [-0.39, 0.29) is 42.2 Å². The molecule has 0 aromatic heterocycles. The third-order valence-electron chi connectivity index (χ3n) is 5.32. The first-order valence-corrected chi connectivity index (χ1v) is 8.88. The number of carbonyl (C=O) groups is 1. The molecule has 1 unspecified atom stereocenters. The van der Waals surface area contributed by atoms with E-state index in [1.165, 1.54) is 25.7 Å². The molecule has 2 heterocycles. The average Bonchev–Trinajstić information content (AvgIpc) is 2.82. The lowest BCUT2D eigenvalue weighted by Gasteiger charge is -2.38. The van der Waals surface area contributed by atoms with Gasteiger partial charge in [0.1, 0.15) is 0 Å². The maximum Gasteiger partial charge on any atom is 0.237 e. The van der Waals surface area contributed by atoms with Gasteiger partial charge in [-0.2, -0.15) is 0 Å². The van der Waals surface area contributed by atoms with Crippen LogP contribution in [0.15, 0.2) is 0 Å². The highest BCUT2D eigenvalue weighted by Gasteiger charge is 2.33. The van der Waals surface area contributed by atoms with Crippen molar-refractivity contribution in [2.75, 3.05) is 46.4 Å². The Bertz CT molecular complexity index is 339. The number of methoxy groups -OCH3 is 1. The molecular formula is C17H35Cl2N3O2. The van der Waals surface area contributed by atoms with Crippen LogP contribution >= 0.6 is 24.8 Å². The molecule has 1 amide bonds. The molecule has 0 aliphatic carbocycles. The number of halogens is 2. The third-order valence-corrected chi connectivity index (χ3v) is 5.32. The van der Waals surface area contributed by atoms with Gasteiger partial charge in [0.15, 0.2) is 0 Å². The SMILES string of the molecule is COCC1(CNC(=O)C(C)N2CCCCCC2)CCNCC1.Cl.Cl. The summed E-state index contributed by atoms with van der Waals surface area (Å²) in [6.45, 7) is 7.66. The maximum atomic E-state index is 12.5. The number of nitrogens with one attached hydrogen (secondary N) is 2. The summed E-state index contributed by atoms with van der Waals surface area (Å²) < 4.78 is 5.42. The molecule has 7 heteroatoms. The zero-order valence-corrected chi connectivity index (χ0v) is 16.8. The monoisotopic (exact) mass is 383 g/mol. The maximum absolute atomic E-state index is 12.5. The second kappa shape index (κ2) is 12.3. The molecule has 0 saturated carbocycles.